The number of rotatable bonds is 9. The van der Waals surface area contributed by atoms with Gasteiger partial charge in [0.15, 0.2) is 0 Å². The van der Waals surface area contributed by atoms with Gasteiger partial charge in [-0.2, -0.15) is 0 Å². The van der Waals surface area contributed by atoms with E-state index in [0.29, 0.717) is 32.1 Å². The molecule has 1 atom stereocenters. The number of hydrogen-bond acceptors (Lipinski definition) is 4. The number of carbonyl (C=O) groups excluding carboxylic acids is 1. The van der Waals surface area contributed by atoms with Crippen molar-refractivity contribution in [3.63, 3.8) is 0 Å². The zero-order valence-corrected chi connectivity index (χ0v) is 10.7. The molecule has 16 heavy (non-hydrogen) atoms. The number of ether oxygens (including phenoxy) is 2. The van der Waals surface area contributed by atoms with Gasteiger partial charge < -0.3 is 15.2 Å². The van der Waals surface area contributed by atoms with Gasteiger partial charge in [0.2, 0.25) is 0 Å². The van der Waals surface area contributed by atoms with Crippen molar-refractivity contribution in [1.29, 1.82) is 0 Å². The summed E-state index contributed by atoms with van der Waals surface area (Å²) in [5, 5.41) is 0. The van der Waals surface area contributed by atoms with E-state index in [1.54, 1.807) is 0 Å². The molecule has 2 N–H and O–H groups in total. The van der Waals surface area contributed by atoms with E-state index in [4.69, 9.17) is 15.2 Å². The Labute approximate surface area is 98.5 Å². The second-order valence-electron chi connectivity index (χ2n) is 4.36. The monoisotopic (exact) mass is 231 g/mol. The van der Waals surface area contributed by atoms with E-state index in [1.165, 1.54) is 0 Å². The topological polar surface area (TPSA) is 61.6 Å². The number of nitrogens with two attached hydrogens (primary N) is 1. The Morgan fingerprint density at radius 1 is 1.19 bits per heavy atom. The maximum absolute atomic E-state index is 11.3. The lowest BCUT2D eigenvalue weighted by molar-refractivity contribution is -0.146. The van der Waals surface area contributed by atoms with Crippen LogP contribution in [0.5, 0.6) is 0 Å². The van der Waals surface area contributed by atoms with Crippen LogP contribution in [-0.4, -0.2) is 31.8 Å². The second kappa shape index (κ2) is 9.60. The summed E-state index contributed by atoms with van der Waals surface area (Å²) in [6, 6.07) is 0. The molecule has 0 aromatic carbocycles. The van der Waals surface area contributed by atoms with Gasteiger partial charge >= 0.3 is 5.97 Å². The van der Waals surface area contributed by atoms with Crippen molar-refractivity contribution in [2.24, 2.45) is 11.7 Å². The molecule has 0 rings (SSSR count). The lowest BCUT2D eigenvalue weighted by atomic mass is 10.0. The third-order valence-corrected chi connectivity index (χ3v) is 2.30. The zero-order valence-electron chi connectivity index (χ0n) is 10.7. The number of carbonyl (C=O) groups is 1. The fraction of sp³-hybridized carbons (Fsp3) is 0.917. The van der Waals surface area contributed by atoms with E-state index in [9.17, 15) is 4.79 Å². The first-order valence-corrected chi connectivity index (χ1v) is 6.03. The van der Waals surface area contributed by atoms with Crippen LogP contribution in [0.1, 0.15) is 40.0 Å². The summed E-state index contributed by atoms with van der Waals surface area (Å²) in [6.45, 7) is 7.51. The maximum Gasteiger partial charge on any atom is 0.305 e. The van der Waals surface area contributed by atoms with Crippen molar-refractivity contribution in [3.8, 4) is 0 Å². The fourth-order valence-electron chi connectivity index (χ4n) is 1.30. The van der Waals surface area contributed by atoms with Crippen LogP contribution in [-0.2, 0) is 14.3 Å². The highest BCUT2D eigenvalue weighted by Crippen LogP contribution is 2.09. The molecule has 0 spiro atoms. The molecule has 0 radical (unpaired) electrons. The van der Waals surface area contributed by atoms with Gasteiger partial charge in [-0.15, -0.1) is 0 Å². The van der Waals surface area contributed by atoms with Crippen molar-refractivity contribution < 1.29 is 14.3 Å². The molecular formula is C12H25NO3. The van der Waals surface area contributed by atoms with E-state index in [1.807, 2.05) is 13.8 Å². The fourth-order valence-corrected chi connectivity index (χ4v) is 1.30. The van der Waals surface area contributed by atoms with Crippen molar-refractivity contribution in [3.05, 3.63) is 0 Å². The Morgan fingerprint density at radius 3 is 2.44 bits per heavy atom. The molecule has 1 unspecified atom stereocenters. The van der Waals surface area contributed by atoms with Crippen molar-refractivity contribution in [2.75, 3.05) is 19.8 Å². The highest BCUT2D eigenvalue weighted by atomic mass is 16.6. The largest absolute Gasteiger partial charge is 0.463 e. The van der Waals surface area contributed by atoms with Crippen molar-refractivity contribution in [1.82, 2.24) is 0 Å². The van der Waals surface area contributed by atoms with Crippen LogP contribution >= 0.6 is 0 Å². The Kier molecular flexibility index (Phi) is 9.24. The summed E-state index contributed by atoms with van der Waals surface area (Å²) in [4.78, 5) is 11.3. The minimum atomic E-state index is -0.142. The number of esters is 1. The minimum absolute atomic E-state index is 0.142. The first-order valence-electron chi connectivity index (χ1n) is 6.03. The van der Waals surface area contributed by atoms with Crippen LogP contribution in [0, 0.1) is 5.92 Å². The van der Waals surface area contributed by atoms with E-state index in [0.717, 1.165) is 12.8 Å². The van der Waals surface area contributed by atoms with Gasteiger partial charge in [0.25, 0.3) is 0 Å². The van der Waals surface area contributed by atoms with Gasteiger partial charge in [0.05, 0.1) is 12.7 Å². The van der Waals surface area contributed by atoms with Crippen LogP contribution in [0.15, 0.2) is 0 Å². The smallest absolute Gasteiger partial charge is 0.305 e. The molecule has 0 aliphatic rings. The van der Waals surface area contributed by atoms with Gasteiger partial charge in [-0.1, -0.05) is 6.92 Å². The number of hydrogen-bond donors (Lipinski definition) is 1. The molecule has 0 heterocycles. The van der Waals surface area contributed by atoms with E-state index < -0.39 is 0 Å². The minimum Gasteiger partial charge on any atom is -0.463 e. The average Bonchev–Trinajstić information content (AvgIpc) is 2.22. The Hall–Kier alpha value is -0.610. The maximum atomic E-state index is 11.3. The average molecular weight is 231 g/mol. The van der Waals surface area contributed by atoms with Crippen molar-refractivity contribution >= 4 is 5.97 Å². The summed E-state index contributed by atoms with van der Waals surface area (Å²) >= 11 is 0. The first kappa shape index (κ1) is 15.4. The Balaban J connectivity index is 3.37. The Bertz CT molecular complexity index is 183. The molecule has 0 saturated heterocycles. The molecule has 0 aromatic heterocycles. The van der Waals surface area contributed by atoms with Crippen LogP contribution in [0.3, 0.4) is 0 Å². The van der Waals surface area contributed by atoms with E-state index in [2.05, 4.69) is 6.92 Å². The first-order chi connectivity index (χ1) is 7.56. The molecule has 96 valence electrons. The summed E-state index contributed by atoms with van der Waals surface area (Å²) in [6.07, 6.45) is 2.47. The third kappa shape index (κ3) is 9.93. The van der Waals surface area contributed by atoms with Crippen LogP contribution in [0.4, 0.5) is 0 Å². The van der Waals surface area contributed by atoms with Crippen LogP contribution in [0.25, 0.3) is 0 Å². The highest BCUT2D eigenvalue weighted by molar-refractivity contribution is 5.69. The predicted molar refractivity (Wildman–Crippen MR) is 64.1 cm³/mol. The van der Waals surface area contributed by atoms with Crippen LogP contribution < -0.4 is 5.73 Å². The second-order valence-corrected chi connectivity index (χ2v) is 4.36. The van der Waals surface area contributed by atoms with Gasteiger partial charge in [0.1, 0.15) is 6.61 Å². The molecule has 0 amide bonds. The summed E-state index contributed by atoms with van der Waals surface area (Å²) in [5.74, 6) is 0.348. The molecule has 0 bridgehead atoms. The molecule has 4 heteroatoms. The molecule has 0 saturated carbocycles. The molecule has 0 fully saturated rings. The van der Waals surface area contributed by atoms with Gasteiger partial charge in [-0.25, -0.2) is 0 Å². The Morgan fingerprint density at radius 2 is 1.88 bits per heavy atom. The zero-order chi connectivity index (χ0) is 12.4. The third-order valence-electron chi connectivity index (χ3n) is 2.30. The predicted octanol–water partition coefficient (Wildman–Crippen LogP) is 1.72. The summed E-state index contributed by atoms with van der Waals surface area (Å²) < 4.78 is 10.3. The van der Waals surface area contributed by atoms with E-state index >= 15 is 0 Å². The molecular weight excluding hydrogens is 206 g/mol. The SMILES string of the molecule is CC(CCN)CCC(=O)OCCOC(C)C. The lowest BCUT2D eigenvalue weighted by Crippen LogP contribution is -2.14. The molecule has 0 aliphatic heterocycles. The van der Waals surface area contributed by atoms with Crippen molar-refractivity contribution in [2.45, 2.75) is 46.1 Å². The van der Waals surface area contributed by atoms with Gasteiger partial charge in [-0.05, 0) is 39.2 Å². The summed E-state index contributed by atoms with van der Waals surface area (Å²) in [5.41, 5.74) is 5.43. The summed E-state index contributed by atoms with van der Waals surface area (Å²) in [7, 11) is 0. The standard InChI is InChI=1S/C12H25NO3/c1-10(2)15-8-9-16-12(14)5-4-11(3)6-7-13/h10-11H,4-9,13H2,1-3H3. The lowest BCUT2D eigenvalue weighted by Gasteiger charge is -2.10. The van der Waals surface area contributed by atoms with Gasteiger partial charge in [0, 0.05) is 6.42 Å². The molecule has 0 aliphatic carbocycles. The molecule has 4 nitrogen and oxygen atoms in total. The highest BCUT2D eigenvalue weighted by Gasteiger charge is 2.07. The molecule has 0 aromatic rings. The quantitative estimate of drug-likeness (QED) is 0.485. The normalized spacial score (nSPS) is 12.8. The van der Waals surface area contributed by atoms with E-state index in [-0.39, 0.29) is 12.1 Å². The van der Waals surface area contributed by atoms with Gasteiger partial charge in [-0.3, -0.25) is 4.79 Å². The van der Waals surface area contributed by atoms with Crippen LogP contribution in [0.2, 0.25) is 0 Å².